The molecule has 0 aliphatic carbocycles. The first-order valence-corrected chi connectivity index (χ1v) is 5.49. The summed E-state index contributed by atoms with van der Waals surface area (Å²) < 4.78 is 18.4. The van der Waals surface area contributed by atoms with Crippen molar-refractivity contribution in [3.8, 4) is 0 Å². The molecule has 2 rings (SSSR count). The SMILES string of the molecule is Cc1c(F)cccc1NC(=O)C1COCC1N. The van der Waals surface area contributed by atoms with Gasteiger partial charge in [-0.25, -0.2) is 4.39 Å². The van der Waals surface area contributed by atoms with Crippen molar-refractivity contribution in [1.82, 2.24) is 0 Å². The predicted octanol–water partition coefficient (Wildman–Crippen LogP) is 1.05. The van der Waals surface area contributed by atoms with Crippen LogP contribution in [0.5, 0.6) is 0 Å². The van der Waals surface area contributed by atoms with Crippen LogP contribution < -0.4 is 11.1 Å². The van der Waals surface area contributed by atoms with Gasteiger partial charge in [-0.3, -0.25) is 4.79 Å². The monoisotopic (exact) mass is 238 g/mol. The summed E-state index contributed by atoms with van der Waals surface area (Å²) >= 11 is 0. The number of nitrogens with one attached hydrogen (secondary N) is 1. The Morgan fingerprint density at radius 3 is 2.94 bits per heavy atom. The number of hydrogen-bond donors (Lipinski definition) is 2. The Balaban J connectivity index is 2.10. The second kappa shape index (κ2) is 4.81. The second-order valence-electron chi connectivity index (χ2n) is 4.21. The molecule has 17 heavy (non-hydrogen) atoms. The third kappa shape index (κ3) is 2.45. The topological polar surface area (TPSA) is 64.3 Å². The Morgan fingerprint density at radius 2 is 2.29 bits per heavy atom. The van der Waals surface area contributed by atoms with E-state index in [0.29, 0.717) is 24.5 Å². The van der Waals surface area contributed by atoms with E-state index in [4.69, 9.17) is 10.5 Å². The summed E-state index contributed by atoms with van der Waals surface area (Å²) in [4.78, 5) is 11.9. The molecule has 2 atom stereocenters. The Kier molecular flexibility index (Phi) is 3.40. The highest BCUT2D eigenvalue weighted by Gasteiger charge is 2.31. The molecule has 5 heteroatoms. The van der Waals surface area contributed by atoms with E-state index in [2.05, 4.69) is 5.32 Å². The number of benzene rings is 1. The minimum absolute atomic E-state index is 0.219. The Bertz CT molecular complexity index is 437. The fourth-order valence-electron chi connectivity index (χ4n) is 1.81. The normalized spacial score (nSPS) is 23.7. The van der Waals surface area contributed by atoms with Gasteiger partial charge in [0, 0.05) is 17.3 Å². The number of carbonyl (C=O) groups excluding carboxylic acids is 1. The van der Waals surface area contributed by atoms with Crippen LogP contribution in [0, 0.1) is 18.7 Å². The third-order valence-electron chi connectivity index (χ3n) is 2.99. The Morgan fingerprint density at radius 1 is 1.53 bits per heavy atom. The average molecular weight is 238 g/mol. The molecule has 92 valence electrons. The minimum Gasteiger partial charge on any atom is -0.379 e. The largest absolute Gasteiger partial charge is 0.379 e. The van der Waals surface area contributed by atoms with Crippen molar-refractivity contribution < 1.29 is 13.9 Å². The molecule has 1 aromatic carbocycles. The van der Waals surface area contributed by atoms with E-state index in [-0.39, 0.29) is 23.7 Å². The fourth-order valence-corrected chi connectivity index (χ4v) is 1.81. The van der Waals surface area contributed by atoms with Gasteiger partial charge >= 0.3 is 0 Å². The second-order valence-corrected chi connectivity index (χ2v) is 4.21. The van der Waals surface area contributed by atoms with Crippen LogP contribution in [0.4, 0.5) is 10.1 Å². The van der Waals surface area contributed by atoms with Crippen molar-refractivity contribution in [1.29, 1.82) is 0 Å². The number of anilines is 1. The molecule has 1 amide bonds. The lowest BCUT2D eigenvalue weighted by molar-refractivity contribution is -0.120. The molecule has 1 heterocycles. The summed E-state index contributed by atoms with van der Waals surface area (Å²) in [7, 11) is 0. The van der Waals surface area contributed by atoms with Gasteiger partial charge in [-0.15, -0.1) is 0 Å². The van der Waals surface area contributed by atoms with Crippen LogP contribution >= 0.6 is 0 Å². The zero-order valence-electron chi connectivity index (χ0n) is 9.57. The summed E-state index contributed by atoms with van der Waals surface area (Å²) in [6.07, 6.45) is 0. The van der Waals surface area contributed by atoms with Crippen LogP contribution in [0.1, 0.15) is 5.56 Å². The molecule has 1 aliphatic heterocycles. The molecular weight excluding hydrogens is 223 g/mol. The van der Waals surface area contributed by atoms with Crippen molar-refractivity contribution in [3.05, 3.63) is 29.6 Å². The number of rotatable bonds is 2. The molecule has 4 nitrogen and oxygen atoms in total. The van der Waals surface area contributed by atoms with Crippen molar-refractivity contribution in [2.75, 3.05) is 18.5 Å². The van der Waals surface area contributed by atoms with Crippen molar-refractivity contribution >= 4 is 11.6 Å². The van der Waals surface area contributed by atoms with E-state index in [1.807, 2.05) is 0 Å². The molecule has 3 N–H and O–H groups in total. The summed E-state index contributed by atoms with van der Waals surface area (Å²) in [5.41, 5.74) is 6.65. The molecule has 1 aliphatic rings. The highest BCUT2D eigenvalue weighted by molar-refractivity contribution is 5.94. The van der Waals surface area contributed by atoms with Gasteiger partial charge in [0.15, 0.2) is 0 Å². The lowest BCUT2D eigenvalue weighted by atomic mass is 10.0. The number of hydrogen-bond acceptors (Lipinski definition) is 3. The Hall–Kier alpha value is -1.46. The molecule has 1 fully saturated rings. The number of amides is 1. The fraction of sp³-hybridized carbons (Fsp3) is 0.417. The first-order valence-electron chi connectivity index (χ1n) is 5.49. The van der Waals surface area contributed by atoms with Gasteiger partial charge in [-0.2, -0.15) is 0 Å². The maximum Gasteiger partial charge on any atom is 0.231 e. The van der Waals surface area contributed by atoms with Gasteiger partial charge in [0.05, 0.1) is 19.1 Å². The Labute approximate surface area is 98.9 Å². The molecule has 1 aromatic rings. The van der Waals surface area contributed by atoms with Crippen LogP contribution in [0.3, 0.4) is 0 Å². The first-order chi connectivity index (χ1) is 8.09. The minimum atomic E-state index is -0.363. The van der Waals surface area contributed by atoms with Gasteiger partial charge in [0.25, 0.3) is 0 Å². The van der Waals surface area contributed by atoms with Gasteiger partial charge in [0.2, 0.25) is 5.91 Å². The van der Waals surface area contributed by atoms with Gasteiger partial charge < -0.3 is 15.8 Å². The maximum atomic E-state index is 13.3. The summed E-state index contributed by atoms with van der Waals surface area (Å²) in [5.74, 6) is -0.920. The van der Waals surface area contributed by atoms with E-state index in [0.717, 1.165) is 0 Å². The summed E-state index contributed by atoms with van der Waals surface area (Å²) in [5, 5.41) is 2.68. The summed E-state index contributed by atoms with van der Waals surface area (Å²) in [6, 6.07) is 4.29. The number of halogens is 1. The molecule has 2 unspecified atom stereocenters. The number of ether oxygens (including phenoxy) is 1. The highest BCUT2D eigenvalue weighted by Crippen LogP contribution is 2.20. The summed E-state index contributed by atoms with van der Waals surface area (Å²) in [6.45, 7) is 2.33. The van der Waals surface area contributed by atoms with E-state index in [1.165, 1.54) is 6.07 Å². The number of nitrogens with two attached hydrogens (primary N) is 1. The van der Waals surface area contributed by atoms with Gasteiger partial charge in [-0.05, 0) is 19.1 Å². The third-order valence-corrected chi connectivity index (χ3v) is 2.99. The van der Waals surface area contributed by atoms with Gasteiger partial charge in [-0.1, -0.05) is 6.07 Å². The van der Waals surface area contributed by atoms with Crippen molar-refractivity contribution in [2.45, 2.75) is 13.0 Å². The first kappa shape index (κ1) is 12.0. The van der Waals surface area contributed by atoms with Crippen molar-refractivity contribution in [3.63, 3.8) is 0 Å². The molecule has 0 radical (unpaired) electrons. The molecular formula is C12H15FN2O2. The van der Waals surface area contributed by atoms with Crippen LogP contribution in [0.15, 0.2) is 18.2 Å². The smallest absolute Gasteiger partial charge is 0.231 e. The van der Waals surface area contributed by atoms with Gasteiger partial charge in [0.1, 0.15) is 5.82 Å². The molecule has 0 aromatic heterocycles. The average Bonchev–Trinajstić information content (AvgIpc) is 2.71. The van der Waals surface area contributed by atoms with Crippen molar-refractivity contribution in [2.24, 2.45) is 11.7 Å². The standard InChI is InChI=1S/C12H15FN2O2/c1-7-9(13)3-2-4-11(7)15-12(16)8-5-17-6-10(8)14/h2-4,8,10H,5-6,14H2,1H3,(H,15,16). The lowest BCUT2D eigenvalue weighted by Gasteiger charge is -2.14. The lowest BCUT2D eigenvalue weighted by Crippen LogP contribution is -2.37. The molecule has 0 saturated carbocycles. The molecule has 0 spiro atoms. The van der Waals surface area contributed by atoms with E-state index in [9.17, 15) is 9.18 Å². The molecule has 0 bridgehead atoms. The quantitative estimate of drug-likeness (QED) is 0.809. The predicted molar refractivity (Wildman–Crippen MR) is 62.1 cm³/mol. The zero-order valence-corrected chi connectivity index (χ0v) is 9.57. The van der Waals surface area contributed by atoms with Crippen LogP contribution in [-0.2, 0) is 9.53 Å². The van der Waals surface area contributed by atoms with E-state index >= 15 is 0 Å². The van der Waals surface area contributed by atoms with Crippen LogP contribution in [0.2, 0.25) is 0 Å². The van der Waals surface area contributed by atoms with E-state index < -0.39 is 0 Å². The van der Waals surface area contributed by atoms with Crippen LogP contribution in [-0.4, -0.2) is 25.2 Å². The maximum absolute atomic E-state index is 13.3. The number of carbonyl (C=O) groups is 1. The zero-order chi connectivity index (χ0) is 12.4. The van der Waals surface area contributed by atoms with E-state index in [1.54, 1.807) is 19.1 Å². The van der Waals surface area contributed by atoms with Crippen LogP contribution in [0.25, 0.3) is 0 Å². The highest BCUT2D eigenvalue weighted by atomic mass is 19.1. The molecule has 1 saturated heterocycles.